The Hall–Kier alpha value is -0.760. The third kappa shape index (κ3) is 3.62. The molecule has 2 rings (SSSR count). The van der Waals surface area contributed by atoms with Crippen LogP contribution in [0.1, 0.15) is 18.5 Å². The van der Waals surface area contributed by atoms with Gasteiger partial charge in [0.2, 0.25) is 0 Å². The lowest BCUT2D eigenvalue weighted by Crippen LogP contribution is -2.26. The molecule has 0 aliphatic carbocycles. The topological polar surface area (TPSA) is 46.2 Å². The first kappa shape index (κ1) is 14.6. The average molecular weight is 364 g/mol. The van der Waals surface area contributed by atoms with Crippen LogP contribution in [0, 0.1) is 5.82 Å². The zero-order valence-corrected chi connectivity index (χ0v) is 13.1. The minimum Gasteiger partial charge on any atom is -0.207 e. The van der Waals surface area contributed by atoms with E-state index in [1.807, 2.05) is 0 Å². The molecule has 0 aliphatic heterocycles. The molecule has 19 heavy (non-hydrogen) atoms. The summed E-state index contributed by atoms with van der Waals surface area (Å²) in [5.74, 6) is -0.387. The minimum atomic E-state index is -3.58. The van der Waals surface area contributed by atoms with E-state index in [0.717, 1.165) is 15.1 Å². The van der Waals surface area contributed by atoms with Crippen LogP contribution in [0.25, 0.3) is 0 Å². The summed E-state index contributed by atoms with van der Waals surface area (Å²) >= 11 is 4.35. The molecule has 0 radical (unpaired) electrons. The van der Waals surface area contributed by atoms with Crippen molar-refractivity contribution in [1.29, 1.82) is 0 Å². The quantitative estimate of drug-likeness (QED) is 0.900. The van der Waals surface area contributed by atoms with E-state index in [9.17, 15) is 12.8 Å². The van der Waals surface area contributed by atoms with Gasteiger partial charge in [-0.3, -0.25) is 0 Å². The number of halogens is 2. The van der Waals surface area contributed by atoms with E-state index in [1.54, 1.807) is 25.1 Å². The number of rotatable bonds is 4. The number of nitrogens with one attached hydrogen (secondary N) is 1. The SMILES string of the molecule is CC(NS(=O)(=O)c1ccc(Br)s1)c1cccc(F)c1. The molecular weight excluding hydrogens is 353 g/mol. The Morgan fingerprint density at radius 1 is 1.32 bits per heavy atom. The summed E-state index contributed by atoms with van der Waals surface area (Å²) in [5.41, 5.74) is 0.583. The largest absolute Gasteiger partial charge is 0.250 e. The second-order valence-electron chi connectivity index (χ2n) is 3.96. The number of benzene rings is 1. The van der Waals surface area contributed by atoms with Gasteiger partial charge >= 0.3 is 0 Å². The van der Waals surface area contributed by atoms with Crippen LogP contribution in [-0.4, -0.2) is 8.42 Å². The highest BCUT2D eigenvalue weighted by Crippen LogP contribution is 2.27. The maximum atomic E-state index is 13.1. The van der Waals surface area contributed by atoms with E-state index in [4.69, 9.17) is 0 Å². The maximum absolute atomic E-state index is 13.1. The monoisotopic (exact) mass is 363 g/mol. The standard InChI is InChI=1S/C12H11BrFNO2S2/c1-8(9-3-2-4-10(14)7-9)15-19(16,17)12-6-5-11(13)18-12/h2-8,15H,1H3. The van der Waals surface area contributed by atoms with Gasteiger partial charge in [-0.25, -0.2) is 17.5 Å². The van der Waals surface area contributed by atoms with Gasteiger partial charge in [-0.1, -0.05) is 12.1 Å². The summed E-state index contributed by atoms with van der Waals surface area (Å²) in [6, 6.07) is 8.57. The third-order valence-corrected chi connectivity index (χ3v) is 6.15. The van der Waals surface area contributed by atoms with Gasteiger partial charge in [0, 0.05) is 6.04 Å². The van der Waals surface area contributed by atoms with Crippen LogP contribution >= 0.6 is 27.3 Å². The Kier molecular flexibility index (Phi) is 4.39. The Morgan fingerprint density at radius 2 is 2.05 bits per heavy atom. The zero-order chi connectivity index (χ0) is 14.0. The molecule has 1 atom stereocenters. The summed E-state index contributed by atoms with van der Waals surface area (Å²) in [4.78, 5) is 0. The average Bonchev–Trinajstić information content (AvgIpc) is 2.76. The molecule has 1 aromatic heterocycles. The van der Waals surface area contributed by atoms with Gasteiger partial charge in [0.15, 0.2) is 0 Å². The minimum absolute atomic E-state index is 0.225. The Morgan fingerprint density at radius 3 is 2.63 bits per heavy atom. The fourth-order valence-corrected chi connectivity index (χ4v) is 4.84. The van der Waals surface area contributed by atoms with Crippen molar-refractivity contribution in [2.24, 2.45) is 0 Å². The molecule has 1 unspecified atom stereocenters. The first-order valence-electron chi connectivity index (χ1n) is 5.41. The highest BCUT2D eigenvalue weighted by Gasteiger charge is 2.20. The highest BCUT2D eigenvalue weighted by atomic mass is 79.9. The van der Waals surface area contributed by atoms with Crippen molar-refractivity contribution in [3.05, 3.63) is 51.6 Å². The van der Waals surface area contributed by atoms with Crippen LogP contribution in [0.3, 0.4) is 0 Å². The second-order valence-corrected chi connectivity index (χ2v) is 8.36. The van der Waals surface area contributed by atoms with Crippen LogP contribution in [-0.2, 0) is 10.0 Å². The summed E-state index contributed by atoms with van der Waals surface area (Å²) in [7, 11) is -3.58. The smallest absolute Gasteiger partial charge is 0.207 e. The van der Waals surface area contributed by atoms with E-state index in [1.165, 1.54) is 18.2 Å². The molecule has 7 heteroatoms. The van der Waals surface area contributed by atoms with Crippen molar-refractivity contribution >= 4 is 37.3 Å². The number of hydrogen-bond donors (Lipinski definition) is 1. The molecule has 0 saturated carbocycles. The van der Waals surface area contributed by atoms with E-state index < -0.39 is 16.1 Å². The van der Waals surface area contributed by atoms with Crippen LogP contribution in [0.15, 0.2) is 44.4 Å². The van der Waals surface area contributed by atoms with Crippen molar-refractivity contribution in [1.82, 2.24) is 4.72 Å². The lowest BCUT2D eigenvalue weighted by Gasteiger charge is -2.13. The Labute approximate surface area is 123 Å². The molecule has 1 heterocycles. The molecule has 102 valence electrons. The fourth-order valence-electron chi connectivity index (χ4n) is 1.58. The molecule has 2 aromatic rings. The van der Waals surface area contributed by atoms with Crippen molar-refractivity contribution in [3.63, 3.8) is 0 Å². The number of hydrogen-bond acceptors (Lipinski definition) is 3. The van der Waals surface area contributed by atoms with E-state index in [2.05, 4.69) is 20.7 Å². The summed E-state index contributed by atoms with van der Waals surface area (Å²) in [6.45, 7) is 1.68. The van der Waals surface area contributed by atoms with Gasteiger partial charge in [-0.15, -0.1) is 11.3 Å². The molecule has 0 bridgehead atoms. The number of thiophene rings is 1. The van der Waals surface area contributed by atoms with Gasteiger partial charge in [0.1, 0.15) is 10.0 Å². The Balaban J connectivity index is 2.21. The Bertz CT molecular complexity index is 685. The van der Waals surface area contributed by atoms with Gasteiger partial charge in [0.25, 0.3) is 10.0 Å². The van der Waals surface area contributed by atoms with Crippen LogP contribution < -0.4 is 4.72 Å². The predicted molar refractivity (Wildman–Crippen MR) is 77.2 cm³/mol. The van der Waals surface area contributed by atoms with E-state index >= 15 is 0 Å². The second kappa shape index (κ2) is 5.70. The fraction of sp³-hybridized carbons (Fsp3) is 0.167. The lowest BCUT2D eigenvalue weighted by atomic mass is 10.1. The number of sulfonamides is 1. The summed E-state index contributed by atoms with van der Waals surface area (Å²) < 4.78 is 40.8. The third-order valence-electron chi connectivity index (χ3n) is 2.49. The zero-order valence-electron chi connectivity index (χ0n) is 9.93. The van der Waals surface area contributed by atoms with Gasteiger partial charge in [0.05, 0.1) is 3.79 Å². The molecule has 0 fully saturated rings. The van der Waals surface area contributed by atoms with E-state index in [-0.39, 0.29) is 10.0 Å². The molecular formula is C12H11BrFNO2S2. The summed E-state index contributed by atoms with van der Waals surface area (Å²) in [6.07, 6.45) is 0. The molecule has 1 N–H and O–H groups in total. The highest BCUT2D eigenvalue weighted by molar-refractivity contribution is 9.11. The molecule has 0 spiro atoms. The summed E-state index contributed by atoms with van der Waals surface area (Å²) in [5, 5.41) is 0. The van der Waals surface area contributed by atoms with Crippen LogP contribution in [0.5, 0.6) is 0 Å². The predicted octanol–water partition coefficient (Wildman–Crippen LogP) is 3.69. The van der Waals surface area contributed by atoms with Crippen LogP contribution in [0.4, 0.5) is 4.39 Å². The van der Waals surface area contributed by atoms with Crippen molar-refractivity contribution in [2.75, 3.05) is 0 Å². The lowest BCUT2D eigenvalue weighted by molar-refractivity contribution is 0.566. The molecule has 0 amide bonds. The first-order chi connectivity index (χ1) is 8.88. The molecule has 0 saturated heterocycles. The van der Waals surface area contributed by atoms with Gasteiger partial charge in [-0.05, 0) is 52.7 Å². The van der Waals surface area contributed by atoms with Crippen molar-refractivity contribution < 1.29 is 12.8 Å². The first-order valence-corrected chi connectivity index (χ1v) is 8.51. The van der Waals surface area contributed by atoms with Gasteiger partial charge < -0.3 is 0 Å². The molecule has 1 aromatic carbocycles. The van der Waals surface area contributed by atoms with Crippen molar-refractivity contribution in [3.8, 4) is 0 Å². The van der Waals surface area contributed by atoms with E-state index in [0.29, 0.717) is 5.56 Å². The van der Waals surface area contributed by atoms with Crippen molar-refractivity contribution in [2.45, 2.75) is 17.2 Å². The van der Waals surface area contributed by atoms with Gasteiger partial charge in [-0.2, -0.15) is 0 Å². The molecule has 3 nitrogen and oxygen atoms in total. The molecule has 0 aliphatic rings. The maximum Gasteiger partial charge on any atom is 0.250 e. The normalized spacial score (nSPS) is 13.4. The van der Waals surface area contributed by atoms with Crippen LogP contribution in [0.2, 0.25) is 0 Å².